The molecule has 4 heteroatoms. The molecule has 3 heterocycles. The summed E-state index contributed by atoms with van der Waals surface area (Å²) in [6.45, 7) is 20.9. The molecule has 0 saturated carbocycles. The number of fused-ring (bicyclic) bond motifs is 10. The summed E-state index contributed by atoms with van der Waals surface area (Å²) >= 11 is 0. The van der Waals surface area contributed by atoms with E-state index in [1.54, 1.807) is 0 Å². The zero-order valence-corrected chi connectivity index (χ0v) is 59.0. The molecule has 14 aromatic carbocycles. The fraction of sp³-hybridized carbons (Fsp3) is 0.134. The molecule has 101 heavy (non-hydrogen) atoms. The van der Waals surface area contributed by atoms with Gasteiger partial charge in [-0.1, -0.05) is 317 Å². The molecule has 0 radical (unpaired) electrons. The van der Waals surface area contributed by atoms with Crippen LogP contribution >= 0.6 is 0 Å². The average Bonchev–Trinajstić information content (AvgIpc) is 1.40. The smallest absolute Gasteiger partial charge is 0.252 e. The molecular weight excluding hydrogens is 1220 g/mol. The Morgan fingerprint density at radius 2 is 0.733 bits per heavy atom. The van der Waals surface area contributed by atoms with Crippen molar-refractivity contribution < 1.29 is 0 Å². The van der Waals surface area contributed by atoms with Crippen molar-refractivity contribution in [2.75, 3.05) is 9.80 Å². The van der Waals surface area contributed by atoms with Crippen LogP contribution in [0.25, 0.3) is 83.1 Å². The number of nitrogens with zero attached hydrogens (tertiary/aromatic N) is 3. The Morgan fingerprint density at radius 1 is 0.287 bits per heavy atom. The third kappa shape index (κ3) is 9.77. The monoisotopic (exact) mass is 1300 g/mol. The summed E-state index contributed by atoms with van der Waals surface area (Å²) in [6.07, 6.45) is 0. The molecule has 3 aliphatic rings. The molecule has 3 nitrogen and oxygen atoms in total. The van der Waals surface area contributed by atoms with E-state index in [0.29, 0.717) is 0 Å². The zero-order valence-electron chi connectivity index (χ0n) is 59.0. The Kier molecular flexibility index (Phi) is 14.3. The van der Waals surface area contributed by atoms with Gasteiger partial charge in [-0.15, -0.1) is 0 Å². The molecule has 0 amide bonds. The number of hydrogen-bond donors (Lipinski definition) is 0. The first kappa shape index (κ1) is 61.8. The van der Waals surface area contributed by atoms with E-state index < -0.39 is 5.41 Å². The molecule has 0 saturated heterocycles. The van der Waals surface area contributed by atoms with E-state index in [1.165, 1.54) is 105 Å². The van der Waals surface area contributed by atoms with Crippen molar-refractivity contribution in [2.24, 2.45) is 0 Å². The first-order valence-corrected chi connectivity index (χ1v) is 35.9. The first-order valence-electron chi connectivity index (χ1n) is 35.9. The normalized spacial score (nSPS) is 13.6. The van der Waals surface area contributed by atoms with Crippen LogP contribution in [-0.4, -0.2) is 11.3 Å². The largest absolute Gasteiger partial charge is 0.311 e. The van der Waals surface area contributed by atoms with Crippen LogP contribution in [0.3, 0.4) is 0 Å². The minimum atomic E-state index is -0.630. The highest BCUT2D eigenvalue weighted by Crippen LogP contribution is 2.60. The molecule has 2 aliphatic heterocycles. The summed E-state index contributed by atoms with van der Waals surface area (Å²) in [6, 6.07) is 123. The van der Waals surface area contributed by atoms with E-state index in [9.17, 15) is 0 Å². The highest BCUT2D eigenvalue weighted by Gasteiger charge is 2.49. The Bertz CT molecular complexity index is 5600. The van der Waals surface area contributed by atoms with Crippen molar-refractivity contribution in [3.05, 3.63) is 360 Å². The zero-order chi connectivity index (χ0) is 68.7. The van der Waals surface area contributed by atoms with Gasteiger partial charge in [0.1, 0.15) is 0 Å². The molecule has 0 atom stereocenters. The third-order valence-corrected chi connectivity index (χ3v) is 22.1. The van der Waals surface area contributed by atoms with Gasteiger partial charge in [-0.25, -0.2) is 0 Å². The van der Waals surface area contributed by atoms with Crippen LogP contribution < -0.4 is 26.2 Å². The molecule has 0 spiro atoms. The fourth-order valence-electron chi connectivity index (χ4n) is 17.2. The van der Waals surface area contributed by atoms with E-state index in [4.69, 9.17) is 0 Å². The van der Waals surface area contributed by atoms with Gasteiger partial charge in [0, 0.05) is 50.2 Å². The maximum atomic E-state index is 2.69. The van der Waals surface area contributed by atoms with Gasteiger partial charge in [0.25, 0.3) is 6.71 Å². The standard InChI is InChI=1S/C97H80BN3/c1-94(2,3)69-51-54-85-79(57-69)80-58-70(95(4,5)6)52-55-86(80)99(85)72-61-89-92-90(62-72)101(93-77(64-34-17-11-18-35-64)59-71(96(7,8)9)60-78(93)65-36-19-12-20-37-65)87-49-30-28-47-82(87)98(92)83-53-50-66(56-88(83)100(89)84-48-29-26-42-73(84)63-32-15-10-16-33-63)74-44-31-45-76-75-43-25-27-46-81(75)97(91(74)76,67-38-21-13-22-39-67)68-40-23-14-24-41-68/h10-62H,1-9H3. The second kappa shape index (κ2) is 23.3. The van der Waals surface area contributed by atoms with Gasteiger partial charge in [0.05, 0.1) is 33.5 Å². The number of hydrogen-bond acceptors (Lipinski definition) is 2. The molecule has 0 unspecified atom stereocenters. The van der Waals surface area contributed by atoms with E-state index >= 15 is 0 Å². The topological polar surface area (TPSA) is 11.4 Å². The fourth-order valence-corrected chi connectivity index (χ4v) is 17.2. The number of benzene rings is 14. The second-order valence-electron chi connectivity index (χ2n) is 31.2. The molecular formula is C97H80BN3. The highest BCUT2D eigenvalue weighted by molar-refractivity contribution is 7.00. The van der Waals surface area contributed by atoms with Crippen molar-refractivity contribution in [3.8, 4) is 61.3 Å². The summed E-state index contributed by atoms with van der Waals surface area (Å²) < 4.78 is 2.60. The van der Waals surface area contributed by atoms with Crippen molar-refractivity contribution in [3.63, 3.8) is 0 Å². The van der Waals surface area contributed by atoms with Gasteiger partial charge in [0.2, 0.25) is 0 Å². The van der Waals surface area contributed by atoms with E-state index in [1.807, 2.05) is 0 Å². The van der Waals surface area contributed by atoms with Gasteiger partial charge in [0.15, 0.2) is 0 Å². The molecule has 0 N–H and O–H groups in total. The van der Waals surface area contributed by atoms with E-state index in [0.717, 1.165) is 67.6 Å². The number of anilines is 6. The SMILES string of the molecule is CC(C)(C)c1cc(-c2ccccc2)c(N2c3ccccc3B3c4ccc(-c5cccc6c5C(c5ccccc5)(c5ccccc5)c5ccccc5-6)cc4N(c4ccccc4-c4ccccc4)c4cc(-n5c6ccc(C(C)(C)C)cc6c6cc(C(C)(C)C)ccc65)cc2c43)c(-c2ccccc2)c1. The quantitative estimate of drug-likeness (QED) is 0.133. The molecule has 1 aromatic heterocycles. The number of para-hydroxylation sites is 2. The summed E-state index contributed by atoms with van der Waals surface area (Å²) in [5.41, 5.74) is 33.9. The van der Waals surface area contributed by atoms with Crippen molar-refractivity contribution in [2.45, 2.75) is 84.0 Å². The average molecular weight is 1300 g/mol. The second-order valence-corrected chi connectivity index (χ2v) is 31.2. The minimum Gasteiger partial charge on any atom is -0.311 e. The summed E-state index contributed by atoms with van der Waals surface area (Å²) in [5.74, 6) is 0. The van der Waals surface area contributed by atoms with Crippen molar-refractivity contribution in [1.82, 2.24) is 4.57 Å². The van der Waals surface area contributed by atoms with Crippen molar-refractivity contribution in [1.29, 1.82) is 0 Å². The van der Waals surface area contributed by atoms with Crippen LogP contribution in [0.1, 0.15) is 101 Å². The Balaban J connectivity index is 1.00. The van der Waals surface area contributed by atoms with Crippen LogP contribution in [0.4, 0.5) is 34.1 Å². The lowest BCUT2D eigenvalue weighted by molar-refractivity contribution is 0.590. The maximum Gasteiger partial charge on any atom is 0.252 e. The predicted octanol–water partition coefficient (Wildman–Crippen LogP) is 23.8. The van der Waals surface area contributed by atoms with Crippen LogP contribution in [0.5, 0.6) is 0 Å². The van der Waals surface area contributed by atoms with Gasteiger partial charge >= 0.3 is 0 Å². The summed E-state index contributed by atoms with van der Waals surface area (Å²) in [4.78, 5) is 5.36. The minimum absolute atomic E-state index is 0.0775. The first-order chi connectivity index (χ1) is 49.0. The lowest BCUT2D eigenvalue weighted by Gasteiger charge is -2.45. The molecule has 18 rings (SSSR count). The Morgan fingerprint density at radius 3 is 1.29 bits per heavy atom. The van der Waals surface area contributed by atoms with Crippen LogP contribution in [0, 0.1) is 0 Å². The Labute approximate surface area is 595 Å². The van der Waals surface area contributed by atoms with Crippen LogP contribution in [0.2, 0.25) is 0 Å². The molecule has 0 fully saturated rings. The van der Waals surface area contributed by atoms with Crippen LogP contribution in [0.15, 0.2) is 322 Å². The van der Waals surface area contributed by atoms with Gasteiger partial charge in [-0.05, 0) is 177 Å². The van der Waals surface area contributed by atoms with Crippen molar-refractivity contribution >= 4 is 79.0 Å². The molecule has 0 bridgehead atoms. The third-order valence-electron chi connectivity index (χ3n) is 22.1. The van der Waals surface area contributed by atoms with E-state index in [2.05, 4.69) is 398 Å². The Hall–Kier alpha value is -11.5. The maximum absolute atomic E-state index is 2.69. The highest BCUT2D eigenvalue weighted by atomic mass is 15.2. The van der Waals surface area contributed by atoms with Gasteiger partial charge in [-0.3, -0.25) is 0 Å². The molecule has 486 valence electrons. The van der Waals surface area contributed by atoms with Gasteiger partial charge < -0.3 is 14.4 Å². The predicted molar refractivity (Wildman–Crippen MR) is 430 cm³/mol. The van der Waals surface area contributed by atoms with E-state index in [-0.39, 0.29) is 23.0 Å². The lowest BCUT2D eigenvalue weighted by Crippen LogP contribution is -2.61. The van der Waals surface area contributed by atoms with Crippen LogP contribution in [-0.2, 0) is 21.7 Å². The van der Waals surface area contributed by atoms with Gasteiger partial charge in [-0.2, -0.15) is 0 Å². The summed E-state index contributed by atoms with van der Waals surface area (Å²) in [7, 11) is 0. The molecule has 15 aromatic rings. The summed E-state index contributed by atoms with van der Waals surface area (Å²) in [5, 5.41) is 2.50. The molecule has 1 aliphatic carbocycles. The number of aromatic nitrogens is 1. The lowest BCUT2D eigenvalue weighted by atomic mass is 9.33. The number of rotatable bonds is 9.